The van der Waals surface area contributed by atoms with Gasteiger partial charge in [0.25, 0.3) is 0 Å². The van der Waals surface area contributed by atoms with Crippen molar-refractivity contribution in [2.75, 3.05) is 40.4 Å². The molecule has 1 heterocycles. The van der Waals surface area contributed by atoms with Gasteiger partial charge < -0.3 is 19.7 Å². The zero-order valence-corrected chi connectivity index (χ0v) is 19.6. The average molecular weight is 495 g/mol. The van der Waals surface area contributed by atoms with E-state index in [0.717, 1.165) is 38.5 Å². The molecule has 6 nitrogen and oxygen atoms in total. The first-order valence-electron chi connectivity index (χ1n) is 10.3. The maximum atomic E-state index is 11.8. The first kappa shape index (κ1) is 24.5. The van der Waals surface area contributed by atoms with Gasteiger partial charge >= 0.3 is 5.97 Å². The second-order valence-corrected chi connectivity index (χ2v) is 7.68. The van der Waals surface area contributed by atoms with E-state index in [1.165, 1.54) is 45.6 Å². The summed E-state index contributed by atoms with van der Waals surface area (Å²) >= 11 is 0. The average Bonchev–Trinajstić information content (AvgIpc) is 2.85. The van der Waals surface area contributed by atoms with Gasteiger partial charge in [-0.3, -0.25) is 9.79 Å². The Bertz CT molecular complexity index is 454. The van der Waals surface area contributed by atoms with Crippen molar-refractivity contribution < 1.29 is 14.3 Å². The Kier molecular flexibility index (Phi) is 12.3. The summed E-state index contributed by atoms with van der Waals surface area (Å²) in [6, 6.07) is 0. The molecule has 0 radical (unpaired) electrons. The smallest absolute Gasteiger partial charge is 0.310 e. The molecule has 0 bridgehead atoms. The molecule has 7 heteroatoms. The molecular weight excluding hydrogens is 457 g/mol. The molecule has 0 spiro atoms. The number of carbonyl (C=O) groups is 1. The molecule has 2 fully saturated rings. The van der Waals surface area contributed by atoms with Gasteiger partial charge in [-0.25, -0.2) is 0 Å². The number of hydrogen-bond donors (Lipinski definition) is 1. The highest BCUT2D eigenvalue weighted by Crippen LogP contribution is 2.24. The lowest BCUT2D eigenvalue weighted by Gasteiger charge is -2.21. The fourth-order valence-corrected chi connectivity index (χ4v) is 4.02. The van der Waals surface area contributed by atoms with Crippen LogP contribution in [-0.2, 0) is 14.3 Å². The number of rotatable bonds is 7. The van der Waals surface area contributed by atoms with Crippen molar-refractivity contribution in [1.29, 1.82) is 0 Å². The molecule has 0 aromatic carbocycles. The van der Waals surface area contributed by atoms with Crippen molar-refractivity contribution in [1.82, 2.24) is 10.2 Å². The number of nitrogens with zero attached hydrogens (tertiary/aromatic N) is 2. The Morgan fingerprint density at radius 1 is 1.15 bits per heavy atom. The summed E-state index contributed by atoms with van der Waals surface area (Å²) in [6.07, 6.45) is 10.5. The van der Waals surface area contributed by atoms with Crippen LogP contribution in [0, 0.1) is 11.8 Å². The van der Waals surface area contributed by atoms with Gasteiger partial charge in [-0.05, 0) is 31.6 Å². The Labute approximate surface area is 181 Å². The second-order valence-electron chi connectivity index (χ2n) is 7.68. The van der Waals surface area contributed by atoms with E-state index in [2.05, 4.69) is 22.1 Å². The van der Waals surface area contributed by atoms with Crippen molar-refractivity contribution in [3.8, 4) is 0 Å². The van der Waals surface area contributed by atoms with Crippen LogP contribution in [0.3, 0.4) is 0 Å². The second kappa shape index (κ2) is 13.6. The van der Waals surface area contributed by atoms with E-state index in [4.69, 9.17) is 9.47 Å². The minimum absolute atomic E-state index is 0. The van der Waals surface area contributed by atoms with Gasteiger partial charge in [0.05, 0.1) is 19.1 Å². The van der Waals surface area contributed by atoms with Crippen molar-refractivity contribution in [2.45, 2.75) is 64.4 Å². The summed E-state index contributed by atoms with van der Waals surface area (Å²) in [6.45, 7) is 5.35. The topological polar surface area (TPSA) is 63.2 Å². The van der Waals surface area contributed by atoms with E-state index in [0.29, 0.717) is 12.6 Å². The number of ether oxygens (including phenoxy) is 2. The van der Waals surface area contributed by atoms with E-state index in [1.54, 1.807) is 7.05 Å². The van der Waals surface area contributed by atoms with Crippen LogP contribution in [0.5, 0.6) is 0 Å². The highest BCUT2D eigenvalue weighted by atomic mass is 127. The summed E-state index contributed by atoms with van der Waals surface area (Å²) in [5.74, 6) is 0.986. The SMILES string of the molecule is CN=C(NCCCCOC1CCCCCC1)N1CC(C)C(C(=O)OC)C1.I. The molecule has 158 valence electrons. The number of carbonyl (C=O) groups excluding carboxylic acids is 1. The number of likely N-dealkylation sites (tertiary alicyclic amines) is 1. The Morgan fingerprint density at radius 2 is 1.85 bits per heavy atom. The van der Waals surface area contributed by atoms with Gasteiger partial charge in [0.1, 0.15) is 0 Å². The molecule has 0 amide bonds. The van der Waals surface area contributed by atoms with E-state index in [1.807, 2.05) is 0 Å². The first-order chi connectivity index (χ1) is 12.7. The van der Waals surface area contributed by atoms with Crippen molar-refractivity contribution in [2.24, 2.45) is 16.8 Å². The number of aliphatic imine (C=N–C) groups is 1. The molecule has 2 rings (SSSR count). The monoisotopic (exact) mass is 495 g/mol. The highest BCUT2D eigenvalue weighted by molar-refractivity contribution is 14.0. The fourth-order valence-electron chi connectivity index (χ4n) is 4.02. The van der Waals surface area contributed by atoms with Crippen LogP contribution < -0.4 is 5.32 Å². The summed E-state index contributed by atoms with van der Waals surface area (Å²) in [5, 5.41) is 3.43. The Hall–Kier alpha value is -0.570. The van der Waals surface area contributed by atoms with Crippen LogP contribution in [0.4, 0.5) is 0 Å². The highest BCUT2D eigenvalue weighted by Gasteiger charge is 2.36. The number of hydrogen-bond acceptors (Lipinski definition) is 4. The van der Waals surface area contributed by atoms with Gasteiger partial charge in [-0.1, -0.05) is 32.6 Å². The van der Waals surface area contributed by atoms with Crippen molar-refractivity contribution >= 4 is 35.9 Å². The number of esters is 1. The molecule has 1 aliphatic carbocycles. The summed E-state index contributed by atoms with van der Waals surface area (Å²) in [7, 11) is 3.26. The van der Waals surface area contributed by atoms with E-state index < -0.39 is 0 Å². The van der Waals surface area contributed by atoms with Gasteiger partial charge in [-0.15, -0.1) is 24.0 Å². The van der Waals surface area contributed by atoms with E-state index in [-0.39, 0.29) is 41.8 Å². The summed E-state index contributed by atoms with van der Waals surface area (Å²) in [5.41, 5.74) is 0. The number of nitrogens with one attached hydrogen (secondary N) is 1. The Balaban J connectivity index is 0.00000364. The normalized spacial score (nSPS) is 24.3. The number of methoxy groups -OCH3 is 1. The maximum Gasteiger partial charge on any atom is 0.310 e. The van der Waals surface area contributed by atoms with E-state index >= 15 is 0 Å². The van der Waals surface area contributed by atoms with E-state index in [9.17, 15) is 4.79 Å². The molecule has 1 aliphatic heterocycles. The van der Waals surface area contributed by atoms with Crippen LogP contribution >= 0.6 is 24.0 Å². The lowest BCUT2D eigenvalue weighted by molar-refractivity contribution is -0.145. The van der Waals surface area contributed by atoms with Crippen molar-refractivity contribution in [3.05, 3.63) is 0 Å². The Morgan fingerprint density at radius 3 is 2.48 bits per heavy atom. The molecule has 2 atom stereocenters. The molecule has 1 N–H and O–H groups in total. The van der Waals surface area contributed by atoms with Gasteiger partial charge in [0, 0.05) is 33.3 Å². The van der Waals surface area contributed by atoms with Crippen LogP contribution in [0.25, 0.3) is 0 Å². The van der Waals surface area contributed by atoms with Crippen molar-refractivity contribution in [3.63, 3.8) is 0 Å². The summed E-state index contributed by atoms with van der Waals surface area (Å²) < 4.78 is 11.0. The minimum Gasteiger partial charge on any atom is -0.469 e. The predicted octanol–water partition coefficient (Wildman–Crippen LogP) is 3.44. The van der Waals surface area contributed by atoms with Crippen LogP contribution in [-0.4, -0.2) is 63.3 Å². The number of halogens is 1. The fraction of sp³-hybridized carbons (Fsp3) is 0.900. The third-order valence-corrected chi connectivity index (χ3v) is 5.64. The molecule has 1 saturated carbocycles. The van der Waals surface area contributed by atoms with Crippen LogP contribution in [0.1, 0.15) is 58.3 Å². The molecular formula is C20H38IN3O3. The lowest BCUT2D eigenvalue weighted by atomic mass is 9.99. The molecule has 2 unspecified atom stereocenters. The zero-order valence-electron chi connectivity index (χ0n) is 17.2. The van der Waals surface area contributed by atoms with Gasteiger partial charge in [0.2, 0.25) is 0 Å². The number of unbranched alkanes of at least 4 members (excludes halogenated alkanes) is 1. The molecule has 1 saturated heterocycles. The van der Waals surface area contributed by atoms with Gasteiger partial charge in [-0.2, -0.15) is 0 Å². The predicted molar refractivity (Wildman–Crippen MR) is 120 cm³/mol. The minimum atomic E-state index is -0.119. The van der Waals surface area contributed by atoms with Crippen LogP contribution in [0.2, 0.25) is 0 Å². The van der Waals surface area contributed by atoms with Crippen LogP contribution in [0.15, 0.2) is 4.99 Å². The standard InChI is InChI=1S/C20H37N3O3.HI/c1-16-14-23(15-18(16)19(24)25-3)20(21-2)22-12-8-9-13-26-17-10-6-4-5-7-11-17;/h16-18H,4-15H2,1-3H3,(H,21,22);1H. The lowest BCUT2D eigenvalue weighted by Crippen LogP contribution is -2.41. The third-order valence-electron chi connectivity index (χ3n) is 5.64. The van der Waals surface area contributed by atoms with Gasteiger partial charge in [0.15, 0.2) is 5.96 Å². The zero-order chi connectivity index (χ0) is 18.8. The molecule has 2 aliphatic rings. The molecule has 0 aromatic rings. The number of guanidine groups is 1. The first-order valence-corrected chi connectivity index (χ1v) is 10.3. The quantitative estimate of drug-likeness (QED) is 0.147. The maximum absolute atomic E-state index is 11.8. The molecule has 0 aromatic heterocycles. The molecule has 27 heavy (non-hydrogen) atoms. The third kappa shape index (κ3) is 8.13. The summed E-state index contributed by atoms with van der Waals surface area (Å²) in [4.78, 5) is 18.4. The largest absolute Gasteiger partial charge is 0.469 e.